The lowest BCUT2D eigenvalue weighted by Crippen LogP contribution is -2.36. The molecule has 2 N–H and O–H groups in total. The molecule has 0 aliphatic carbocycles. The number of aromatic nitrogens is 4. The maximum Gasteiger partial charge on any atom is 0.265 e. The van der Waals surface area contributed by atoms with Crippen LogP contribution in [0, 0.1) is 13.8 Å². The van der Waals surface area contributed by atoms with Gasteiger partial charge >= 0.3 is 0 Å². The summed E-state index contributed by atoms with van der Waals surface area (Å²) in [7, 11) is 1.61. The van der Waals surface area contributed by atoms with E-state index in [1.54, 1.807) is 20.9 Å². The Morgan fingerprint density at radius 1 is 1.25 bits per heavy atom. The van der Waals surface area contributed by atoms with Crippen LogP contribution >= 0.6 is 11.5 Å². The van der Waals surface area contributed by atoms with Gasteiger partial charge in [0.25, 0.3) is 11.5 Å². The van der Waals surface area contributed by atoms with Crippen molar-refractivity contribution in [2.45, 2.75) is 20.3 Å². The van der Waals surface area contributed by atoms with Crippen molar-refractivity contribution in [3.05, 3.63) is 38.5 Å². The van der Waals surface area contributed by atoms with Crippen LogP contribution < -0.4 is 16.2 Å². The maximum atomic E-state index is 11.9. The zero-order valence-electron chi connectivity index (χ0n) is 13.6. The minimum absolute atomic E-state index is 0.0216. The Morgan fingerprint density at radius 2 is 1.96 bits per heavy atom. The number of nitrogens with one attached hydrogen (secondary N) is 2. The molecule has 2 aromatic rings. The Hall–Kier alpha value is -2.62. The van der Waals surface area contributed by atoms with Crippen molar-refractivity contribution in [1.29, 1.82) is 0 Å². The second-order valence-electron chi connectivity index (χ2n) is 5.20. The number of rotatable bonds is 6. The number of aryl methyl sites for hydroxylation is 2. The van der Waals surface area contributed by atoms with Gasteiger partial charge in [0, 0.05) is 25.7 Å². The number of carbonyl (C=O) groups is 2. The smallest absolute Gasteiger partial charge is 0.265 e. The van der Waals surface area contributed by atoms with E-state index in [-0.39, 0.29) is 36.9 Å². The van der Waals surface area contributed by atoms with Crippen molar-refractivity contribution in [3.63, 3.8) is 0 Å². The van der Waals surface area contributed by atoms with Crippen LogP contribution in [0.15, 0.2) is 11.1 Å². The molecule has 0 saturated carbocycles. The molecule has 0 spiro atoms. The van der Waals surface area contributed by atoms with E-state index in [1.165, 1.54) is 10.9 Å². The summed E-state index contributed by atoms with van der Waals surface area (Å²) >= 11 is 1.03. The standard InChI is InChI=1S/C14H18N6O3S/c1-8-10(17-7-20(3)14(8)23)6-11(21)15-4-5-16-13(22)12-9(2)18-19-24-12/h7H,4-6H2,1-3H3,(H,15,21)(H,16,22). The Balaban J connectivity index is 1.78. The van der Waals surface area contributed by atoms with Crippen molar-refractivity contribution >= 4 is 23.3 Å². The first-order chi connectivity index (χ1) is 11.4. The molecule has 0 atom stereocenters. The van der Waals surface area contributed by atoms with Crippen LogP contribution in [0.2, 0.25) is 0 Å². The Labute approximate surface area is 142 Å². The molecule has 0 aromatic carbocycles. The maximum absolute atomic E-state index is 11.9. The predicted octanol–water partition coefficient (Wildman–Crippen LogP) is -0.663. The fourth-order valence-electron chi connectivity index (χ4n) is 1.98. The molecule has 9 nitrogen and oxygen atoms in total. The van der Waals surface area contributed by atoms with Gasteiger partial charge in [-0.3, -0.25) is 14.4 Å². The highest BCUT2D eigenvalue weighted by Crippen LogP contribution is 2.07. The molecular weight excluding hydrogens is 332 g/mol. The lowest BCUT2D eigenvalue weighted by Gasteiger charge is -2.08. The molecule has 2 amide bonds. The van der Waals surface area contributed by atoms with Gasteiger partial charge in [-0.05, 0) is 25.4 Å². The average molecular weight is 350 g/mol. The number of carbonyl (C=O) groups excluding carboxylic acids is 2. The second-order valence-corrected chi connectivity index (χ2v) is 5.96. The van der Waals surface area contributed by atoms with Crippen LogP contribution in [0.4, 0.5) is 0 Å². The van der Waals surface area contributed by atoms with Gasteiger partial charge in [0.1, 0.15) is 4.88 Å². The highest BCUT2D eigenvalue weighted by atomic mass is 32.1. The highest BCUT2D eigenvalue weighted by molar-refractivity contribution is 7.07. The first kappa shape index (κ1) is 17.7. The van der Waals surface area contributed by atoms with Gasteiger partial charge in [0.15, 0.2) is 0 Å². The van der Waals surface area contributed by atoms with E-state index in [2.05, 4.69) is 25.2 Å². The summed E-state index contributed by atoms with van der Waals surface area (Å²) < 4.78 is 5.06. The molecule has 2 heterocycles. The number of amides is 2. The molecule has 0 fully saturated rings. The van der Waals surface area contributed by atoms with Gasteiger partial charge in [-0.15, -0.1) is 5.10 Å². The number of hydrogen-bond acceptors (Lipinski definition) is 7. The summed E-state index contributed by atoms with van der Waals surface area (Å²) in [5, 5.41) is 9.12. The summed E-state index contributed by atoms with van der Waals surface area (Å²) in [5.74, 6) is -0.524. The van der Waals surface area contributed by atoms with E-state index in [1.807, 2.05) is 0 Å². The Morgan fingerprint density at radius 3 is 2.62 bits per heavy atom. The monoisotopic (exact) mass is 350 g/mol. The van der Waals surface area contributed by atoms with Crippen LogP contribution in [0.1, 0.15) is 26.6 Å². The third-order valence-electron chi connectivity index (χ3n) is 3.38. The number of hydrogen-bond donors (Lipinski definition) is 2. The van der Waals surface area contributed by atoms with Gasteiger partial charge in [0.05, 0.1) is 24.1 Å². The summed E-state index contributed by atoms with van der Waals surface area (Å²) in [4.78, 5) is 40.1. The van der Waals surface area contributed by atoms with E-state index in [0.29, 0.717) is 21.8 Å². The lowest BCUT2D eigenvalue weighted by molar-refractivity contribution is -0.120. The average Bonchev–Trinajstić information content (AvgIpc) is 2.98. The third kappa shape index (κ3) is 4.22. The Kier molecular flexibility index (Phi) is 5.74. The second kappa shape index (κ2) is 7.77. The topological polar surface area (TPSA) is 119 Å². The van der Waals surface area contributed by atoms with E-state index in [9.17, 15) is 14.4 Å². The summed E-state index contributed by atoms with van der Waals surface area (Å²) in [6.07, 6.45) is 1.41. The molecule has 0 bridgehead atoms. The first-order valence-corrected chi connectivity index (χ1v) is 8.02. The summed E-state index contributed by atoms with van der Waals surface area (Å²) in [6, 6.07) is 0. The first-order valence-electron chi connectivity index (χ1n) is 7.25. The van der Waals surface area contributed by atoms with Crippen molar-refractivity contribution in [1.82, 2.24) is 29.8 Å². The minimum atomic E-state index is -0.263. The molecule has 0 aliphatic heterocycles. The Bertz CT molecular complexity index is 813. The van der Waals surface area contributed by atoms with E-state index >= 15 is 0 Å². The fraction of sp³-hybridized carbons (Fsp3) is 0.429. The minimum Gasteiger partial charge on any atom is -0.354 e. The number of nitrogens with zero attached hydrogens (tertiary/aromatic N) is 4. The molecule has 2 rings (SSSR count). The lowest BCUT2D eigenvalue weighted by atomic mass is 10.2. The van der Waals surface area contributed by atoms with Gasteiger partial charge in [-0.1, -0.05) is 4.49 Å². The molecule has 128 valence electrons. The van der Waals surface area contributed by atoms with E-state index < -0.39 is 0 Å². The van der Waals surface area contributed by atoms with Crippen LogP contribution in [0.3, 0.4) is 0 Å². The highest BCUT2D eigenvalue weighted by Gasteiger charge is 2.13. The quantitative estimate of drug-likeness (QED) is 0.668. The van der Waals surface area contributed by atoms with Gasteiger partial charge in [-0.25, -0.2) is 4.98 Å². The largest absolute Gasteiger partial charge is 0.354 e. The van der Waals surface area contributed by atoms with E-state index in [0.717, 1.165) is 11.5 Å². The van der Waals surface area contributed by atoms with Crippen molar-refractivity contribution < 1.29 is 9.59 Å². The van der Waals surface area contributed by atoms with Crippen LogP contribution in [-0.2, 0) is 18.3 Å². The predicted molar refractivity (Wildman–Crippen MR) is 87.9 cm³/mol. The van der Waals surface area contributed by atoms with Crippen LogP contribution in [0.25, 0.3) is 0 Å². The van der Waals surface area contributed by atoms with Crippen molar-refractivity contribution in [3.8, 4) is 0 Å². The summed E-state index contributed by atoms with van der Waals surface area (Å²) in [6.45, 7) is 3.91. The van der Waals surface area contributed by atoms with E-state index in [4.69, 9.17) is 0 Å². The molecule has 10 heteroatoms. The van der Waals surface area contributed by atoms with Crippen molar-refractivity contribution in [2.24, 2.45) is 7.05 Å². The summed E-state index contributed by atoms with van der Waals surface area (Å²) in [5.41, 5.74) is 1.31. The fourth-order valence-corrected chi connectivity index (χ4v) is 2.56. The normalized spacial score (nSPS) is 10.5. The molecule has 24 heavy (non-hydrogen) atoms. The van der Waals surface area contributed by atoms with Crippen molar-refractivity contribution in [2.75, 3.05) is 13.1 Å². The molecule has 0 unspecified atom stereocenters. The molecule has 0 saturated heterocycles. The molecule has 0 aliphatic rings. The zero-order valence-corrected chi connectivity index (χ0v) is 14.4. The molecular formula is C14H18N6O3S. The third-order valence-corrected chi connectivity index (χ3v) is 4.21. The van der Waals surface area contributed by atoms with Crippen LogP contribution in [-0.4, -0.2) is 44.0 Å². The van der Waals surface area contributed by atoms with Gasteiger partial charge in [-0.2, -0.15) is 0 Å². The molecule has 0 radical (unpaired) electrons. The SMILES string of the molecule is Cc1nnsc1C(=O)NCCNC(=O)Cc1ncn(C)c(=O)c1C. The van der Waals surface area contributed by atoms with Gasteiger partial charge < -0.3 is 15.2 Å². The van der Waals surface area contributed by atoms with Crippen LogP contribution in [0.5, 0.6) is 0 Å². The molecule has 2 aromatic heterocycles. The zero-order chi connectivity index (χ0) is 17.7. The van der Waals surface area contributed by atoms with Gasteiger partial charge in [0.2, 0.25) is 5.91 Å².